The van der Waals surface area contributed by atoms with Gasteiger partial charge in [-0.05, 0) is 44.1 Å². The van der Waals surface area contributed by atoms with Crippen LogP contribution in [-0.2, 0) is 16.1 Å². The second kappa shape index (κ2) is 5.98. The van der Waals surface area contributed by atoms with Crippen molar-refractivity contribution >= 4 is 11.6 Å². The molecule has 1 atom stereocenters. The van der Waals surface area contributed by atoms with Gasteiger partial charge in [0.15, 0.2) is 0 Å². The molecule has 0 bridgehead atoms. The number of nitrogens with one attached hydrogen (secondary N) is 1. The fourth-order valence-electron chi connectivity index (χ4n) is 3.00. The minimum Gasteiger partial charge on any atom is -0.372 e. The van der Waals surface area contributed by atoms with Crippen LogP contribution in [0.4, 0.5) is 4.39 Å². The Hall–Kier alpha value is -0.680. The van der Waals surface area contributed by atoms with Gasteiger partial charge in [-0.2, -0.15) is 0 Å². The van der Waals surface area contributed by atoms with E-state index in [-0.39, 0.29) is 24.1 Å². The summed E-state index contributed by atoms with van der Waals surface area (Å²) >= 11 is 5.87. The average Bonchev–Trinajstić information content (AvgIpc) is 2.84. The number of ether oxygens (including phenoxy) is 2. The molecule has 5 heteroatoms. The predicted molar refractivity (Wildman–Crippen MR) is 75.4 cm³/mol. The van der Waals surface area contributed by atoms with Crippen molar-refractivity contribution in [1.29, 1.82) is 0 Å². The molecule has 2 saturated heterocycles. The van der Waals surface area contributed by atoms with Gasteiger partial charge in [0.1, 0.15) is 5.82 Å². The highest BCUT2D eigenvalue weighted by Gasteiger charge is 2.41. The van der Waals surface area contributed by atoms with Crippen LogP contribution in [0, 0.1) is 5.82 Å². The largest absolute Gasteiger partial charge is 0.372 e. The first kappa shape index (κ1) is 14.3. The summed E-state index contributed by atoms with van der Waals surface area (Å²) in [6, 6.07) is 4.54. The number of benzene rings is 1. The van der Waals surface area contributed by atoms with Gasteiger partial charge < -0.3 is 14.8 Å². The predicted octanol–water partition coefficient (Wildman–Crippen LogP) is 2.91. The summed E-state index contributed by atoms with van der Waals surface area (Å²) in [7, 11) is 0. The van der Waals surface area contributed by atoms with E-state index >= 15 is 0 Å². The number of hydrogen-bond acceptors (Lipinski definition) is 3. The molecule has 3 nitrogen and oxygen atoms in total. The van der Waals surface area contributed by atoms with Crippen molar-refractivity contribution in [1.82, 2.24) is 5.32 Å². The summed E-state index contributed by atoms with van der Waals surface area (Å²) in [5.41, 5.74) is 0.478. The Labute approximate surface area is 123 Å². The van der Waals surface area contributed by atoms with E-state index < -0.39 is 0 Å². The molecule has 1 aromatic rings. The molecule has 0 saturated carbocycles. The Bertz CT molecular complexity index is 477. The van der Waals surface area contributed by atoms with Crippen molar-refractivity contribution < 1.29 is 13.9 Å². The lowest BCUT2D eigenvalue weighted by molar-refractivity contribution is -0.0241. The van der Waals surface area contributed by atoms with E-state index in [0.29, 0.717) is 17.2 Å². The third kappa shape index (κ3) is 3.14. The maximum atomic E-state index is 13.6. The van der Waals surface area contributed by atoms with E-state index in [1.54, 1.807) is 12.1 Å². The number of halogens is 2. The highest BCUT2D eigenvalue weighted by Crippen LogP contribution is 2.35. The molecule has 110 valence electrons. The SMILES string of the molecule is Fc1ccc(Cl)cc1COC1COC2(CCNCC2)C1. The van der Waals surface area contributed by atoms with Crippen molar-refractivity contribution in [3.05, 3.63) is 34.6 Å². The zero-order valence-electron chi connectivity index (χ0n) is 11.3. The highest BCUT2D eigenvalue weighted by molar-refractivity contribution is 6.30. The van der Waals surface area contributed by atoms with E-state index in [4.69, 9.17) is 21.1 Å². The van der Waals surface area contributed by atoms with Gasteiger partial charge in [0.05, 0.1) is 24.9 Å². The summed E-state index contributed by atoms with van der Waals surface area (Å²) in [5, 5.41) is 3.87. The lowest BCUT2D eigenvalue weighted by Crippen LogP contribution is -2.41. The molecule has 2 fully saturated rings. The summed E-state index contributed by atoms with van der Waals surface area (Å²) in [6.45, 7) is 2.84. The smallest absolute Gasteiger partial charge is 0.128 e. The number of piperidine rings is 1. The van der Waals surface area contributed by atoms with Crippen LogP contribution in [0.5, 0.6) is 0 Å². The van der Waals surface area contributed by atoms with Crippen LogP contribution in [0.15, 0.2) is 18.2 Å². The van der Waals surface area contributed by atoms with Crippen LogP contribution in [0.3, 0.4) is 0 Å². The van der Waals surface area contributed by atoms with Gasteiger partial charge in [0.25, 0.3) is 0 Å². The molecule has 2 aliphatic rings. The van der Waals surface area contributed by atoms with Crippen LogP contribution >= 0.6 is 11.6 Å². The molecule has 1 spiro atoms. The Kier molecular flexibility index (Phi) is 4.26. The summed E-state index contributed by atoms with van der Waals surface area (Å²) < 4.78 is 25.4. The minimum atomic E-state index is -0.273. The molecule has 2 aliphatic heterocycles. The van der Waals surface area contributed by atoms with Crippen LogP contribution in [0.2, 0.25) is 5.02 Å². The van der Waals surface area contributed by atoms with Crippen LogP contribution in [-0.4, -0.2) is 31.4 Å². The van der Waals surface area contributed by atoms with Crippen molar-refractivity contribution in [2.45, 2.75) is 37.6 Å². The lowest BCUT2D eigenvalue weighted by atomic mass is 9.89. The molecule has 0 aliphatic carbocycles. The second-order valence-electron chi connectivity index (χ2n) is 5.62. The van der Waals surface area contributed by atoms with Gasteiger partial charge in [-0.25, -0.2) is 4.39 Å². The maximum absolute atomic E-state index is 13.6. The molecular weight excluding hydrogens is 281 g/mol. The Morgan fingerprint density at radius 2 is 2.20 bits per heavy atom. The Morgan fingerprint density at radius 3 is 3.00 bits per heavy atom. The number of hydrogen-bond donors (Lipinski definition) is 1. The van der Waals surface area contributed by atoms with Crippen molar-refractivity contribution in [2.75, 3.05) is 19.7 Å². The Balaban J connectivity index is 1.56. The molecule has 2 heterocycles. The van der Waals surface area contributed by atoms with Crippen molar-refractivity contribution in [3.8, 4) is 0 Å². The third-order valence-electron chi connectivity index (χ3n) is 4.17. The van der Waals surface area contributed by atoms with E-state index in [1.165, 1.54) is 6.07 Å². The molecule has 3 rings (SSSR count). The fraction of sp³-hybridized carbons (Fsp3) is 0.600. The molecule has 0 radical (unpaired) electrons. The molecule has 20 heavy (non-hydrogen) atoms. The van der Waals surface area contributed by atoms with Gasteiger partial charge in [0, 0.05) is 17.0 Å². The fourth-order valence-corrected chi connectivity index (χ4v) is 3.20. The normalized spacial score (nSPS) is 25.2. The summed E-state index contributed by atoms with van der Waals surface area (Å²) in [5.74, 6) is -0.273. The maximum Gasteiger partial charge on any atom is 0.128 e. The standard InChI is InChI=1S/C15H19ClFNO2/c16-12-1-2-14(17)11(7-12)9-19-13-8-15(20-10-13)3-5-18-6-4-15/h1-2,7,13,18H,3-6,8-10H2. The van der Waals surface area contributed by atoms with Crippen molar-refractivity contribution in [2.24, 2.45) is 0 Å². The third-order valence-corrected chi connectivity index (χ3v) is 4.41. The summed E-state index contributed by atoms with van der Waals surface area (Å²) in [6.07, 6.45) is 3.00. The first-order valence-electron chi connectivity index (χ1n) is 7.07. The van der Waals surface area contributed by atoms with E-state index in [9.17, 15) is 4.39 Å². The van der Waals surface area contributed by atoms with Gasteiger partial charge in [-0.15, -0.1) is 0 Å². The molecule has 0 aromatic heterocycles. The van der Waals surface area contributed by atoms with Crippen LogP contribution < -0.4 is 5.32 Å². The average molecular weight is 300 g/mol. The number of rotatable bonds is 3. The molecule has 0 amide bonds. The first-order valence-corrected chi connectivity index (χ1v) is 7.45. The minimum absolute atomic E-state index is 0.0250. The molecular formula is C15H19ClFNO2. The van der Waals surface area contributed by atoms with E-state index in [0.717, 1.165) is 32.4 Å². The summed E-state index contributed by atoms with van der Waals surface area (Å²) in [4.78, 5) is 0. The van der Waals surface area contributed by atoms with Crippen LogP contribution in [0.25, 0.3) is 0 Å². The van der Waals surface area contributed by atoms with E-state index in [2.05, 4.69) is 5.32 Å². The highest BCUT2D eigenvalue weighted by atomic mass is 35.5. The van der Waals surface area contributed by atoms with Crippen molar-refractivity contribution in [3.63, 3.8) is 0 Å². The molecule has 1 unspecified atom stereocenters. The quantitative estimate of drug-likeness (QED) is 0.931. The zero-order chi connectivity index (χ0) is 14.0. The lowest BCUT2D eigenvalue weighted by Gasteiger charge is -2.32. The van der Waals surface area contributed by atoms with E-state index in [1.807, 2.05) is 0 Å². The van der Waals surface area contributed by atoms with Gasteiger partial charge in [-0.3, -0.25) is 0 Å². The zero-order valence-corrected chi connectivity index (χ0v) is 12.1. The van der Waals surface area contributed by atoms with Crippen LogP contribution in [0.1, 0.15) is 24.8 Å². The molecule has 1 N–H and O–H groups in total. The first-order chi connectivity index (χ1) is 9.67. The second-order valence-corrected chi connectivity index (χ2v) is 6.05. The van der Waals surface area contributed by atoms with Gasteiger partial charge >= 0.3 is 0 Å². The molecule has 1 aromatic carbocycles. The topological polar surface area (TPSA) is 30.5 Å². The monoisotopic (exact) mass is 299 g/mol. The Morgan fingerprint density at radius 1 is 1.40 bits per heavy atom. The van der Waals surface area contributed by atoms with Gasteiger partial charge in [-0.1, -0.05) is 11.6 Å². The van der Waals surface area contributed by atoms with Gasteiger partial charge in [0.2, 0.25) is 0 Å².